The maximum Gasteiger partial charge on any atom is 0.227 e. The smallest absolute Gasteiger partial charge is 0.227 e. The highest BCUT2D eigenvalue weighted by molar-refractivity contribution is 5.96. The number of rotatable bonds is 6. The number of carbonyl (C=O) groups excluding carboxylic acids is 1. The zero-order chi connectivity index (χ0) is 23.4. The Morgan fingerprint density at radius 3 is 2.42 bits per heavy atom. The van der Waals surface area contributed by atoms with E-state index in [1.165, 1.54) is 0 Å². The van der Waals surface area contributed by atoms with Gasteiger partial charge in [0.15, 0.2) is 0 Å². The van der Waals surface area contributed by atoms with Crippen LogP contribution in [0.25, 0.3) is 10.9 Å². The van der Waals surface area contributed by atoms with Gasteiger partial charge in [-0.1, -0.05) is 0 Å². The fourth-order valence-electron chi connectivity index (χ4n) is 4.22. The second kappa shape index (κ2) is 9.65. The fourth-order valence-corrected chi connectivity index (χ4v) is 4.22. The first-order valence-electron chi connectivity index (χ1n) is 10.7. The molecular formula is C25H26N4O4. The quantitative estimate of drug-likeness (QED) is 0.612. The van der Waals surface area contributed by atoms with Gasteiger partial charge in [-0.25, -0.2) is 0 Å². The van der Waals surface area contributed by atoms with E-state index >= 15 is 0 Å². The van der Waals surface area contributed by atoms with Gasteiger partial charge in [-0.3, -0.25) is 9.78 Å². The van der Waals surface area contributed by atoms with E-state index in [1.807, 2.05) is 18.2 Å². The van der Waals surface area contributed by atoms with E-state index in [0.29, 0.717) is 54.4 Å². The van der Waals surface area contributed by atoms with E-state index in [1.54, 1.807) is 45.7 Å². The Labute approximate surface area is 192 Å². The highest BCUT2D eigenvalue weighted by atomic mass is 16.5. The minimum atomic E-state index is -0.148. The van der Waals surface area contributed by atoms with Crippen LogP contribution in [0.3, 0.4) is 0 Å². The van der Waals surface area contributed by atoms with Crippen molar-refractivity contribution in [1.82, 2.24) is 4.98 Å². The summed E-state index contributed by atoms with van der Waals surface area (Å²) in [6.07, 6.45) is 2.94. The Bertz CT molecular complexity index is 1210. The highest BCUT2D eigenvalue weighted by Gasteiger charge is 2.28. The van der Waals surface area contributed by atoms with Crippen LogP contribution >= 0.6 is 0 Å². The fraction of sp³-hybridized carbons (Fsp3) is 0.320. The van der Waals surface area contributed by atoms with Gasteiger partial charge in [0, 0.05) is 36.7 Å². The minimum absolute atomic E-state index is 0.0528. The van der Waals surface area contributed by atoms with Crippen LogP contribution < -0.4 is 24.4 Å². The van der Waals surface area contributed by atoms with Gasteiger partial charge < -0.3 is 24.4 Å². The first-order chi connectivity index (χ1) is 16.1. The second-order valence-corrected chi connectivity index (χ2v) is 7.83. The van der Waals surface area contributed by atoms with Crippen LogP contribution in [0.5, 0.6) is 17.2 Å². The number of ether oxygens (including phenoxy) is 3. The number of methoxy groups -OCH3 is 3. The Kier molecular flexibility index (Phi) is 6.50. The third-order valence-corrected chi connectivity index (χ3v) is 6.01. The van der Waals surface area contributed by atoms with Crippen LogP contribution in [0.15, 0.2) is 42.6 Å². The zero-order valence-corrected chi connectivity index (χ0v) is 18.9. The first kappa shape index (κ1) is 22.2. The number of nitriles is 1. The molecule has 1 amide bonds. The Morgan fingerprint density at radius 2 is 1.76 bits per heavy atom. The Morgan fingerprint density at radius 1 is 1.06 bits per heavy atom. The SMILES string of the molecule is COc1ccc(OC)c(NC(=O)C2CCN(c3c(C#N)cnc4ccc(OC)cc34)CC2)c1. The molecule has 4 rings (SSSR count). The lowest BCUT2D eigenvalue weighted by molar-refractivity contribution is -0.120. The number of amides is 1. The number of nitrogens with one attached hydrogen (secondary N) is 1. The van der Waals surface area contributed by atoms with Gasteiger partial charge in [-0.05, 0) is 43.2 Å². The molecule has 1 N–H and O–H groups in total. The van der Waals surface area contributed by atoms with Gasteiger partial charge in [0.2, 0.25) is 5.91 Å². The van der Waals surface area contributed by atoms with Crippen LogP contribution in [-0.4, -0.2) is 45.3 Å². The van der Waals surface area contributed by atoms with Crippen LogP contribution in [0.4, 0.5) is 11.4 Å². The lowest BCUT2D eigenvalue weighted by Crippen LogP contribution is -2.38. The van der Waals surface area contributed by atoms with E-state index in [2.05, 4.69) is 21.3 Å². The van der Waals surface area contributed by atoms with Crippen molar-refractivity contribution in [2.75, 3.05) is 44.6 Å². The Balaban J connectivity index is 1.52. The van der Waals surface area contributed by atoms with E-state index in [4.69, 9.17) is 14.2 Å². The summed E-state index contributed by atoms with van der Waals surface area (Å²) in [4.78, 5) is 19.6. The number of piperidine rings is 1. The maximum atomic E-state index is 13.0. The molecule has 1 fully saturated rings. The third-order valence-electron chi connectivity index (χ3n) is 6.01. The molecule has 170 valence electrons. The number of carbonyl (C=O) groups is 1. The number of nitrogens with zero attached hydrogens (tertiary/aromatic N) is 3. The van der Waals surface area contributed by atoms with Crippen LogP contribution in [-0.2, 0) is 4.79 Å². The second-order valence-electron chi connectivity index (χ2n) is 7.83. The van der Waals surface area contributed by atoms with Crippen LogP contribution in [0.1, 0.15) is 18.4 Å². The molecular weight excluding hydrogens is 420 g/mol. The Hall–Kier alpha value is -3.99. The number of pyridine rings is 1. The summed E-state index contributed by atoms with van der Waals surface area (Å²) in [5.74, 6) is 1.73. The highest BCUT2D eigenvalue weighted by Crippen LogP contribution is 2.35. The molecule has 1 aliphatic heterocycles. The van der Waals surface area contributed by atoms with Crippen molar-refractivity contribution in [3.63, 3.8) is 0 Å². The third kappa shape index (κ3) is 4.48. The van der Waals surface area contributed by atoms with Gasteiger partial charge in [0.25, 0.3) is 0 Å². The number of fused-ring (bicyclic) bond motifs is 1. The van der Waals surface area contributed by atoms with Gasteiger partial charge >= 0.3 is 0 Å². The lowest BCUT2D eigenvalue weighted by atomic mass is 9.94. The van der Waals surface area contributed by atoms with Crippen LogP contribution in [0, 0.1) is 17.2 Å². The van der Waals surface area contributed by atoms with Crippen molar-refractivity contribution < 1.29 is 19.0 Å². The topological polar surface area (TPSA) is 96.7 Å². The molecule has 0 saturated carbocycles. The minimum Gasteiger partial charge on any atom is -0.497 e. The molecule has 0 unspecified atom stereocenters. The maximum absolute atomic E-state index is 13.0. The molecule has 1 aromatic heterocycles. The van der Waals surface area contributed by atoms with Crippen molar-refractivity contribution in [2.24, 2.45) is 5.92 Å². The summed E-state index contributed by atoms with van der Waals surface area (Å²) in [6, 6.07) is 13.2. The summed E-state index contributed by atoms with van der Waals surface area (Å²) >= 11 is 0. The summed E-state index contributed by atoms with van der Waals surface area (Å²) in [7, 11) is 4.76. The summed E-state index contributed by atoms with van der Waals surface area (Å²) in [6.45, 7) is 1.30. The van der Waals surface area contributed by atoms with E-state index < -0.39 is 0 Å². The van der Waals surface area contributed by atoms with Crippen molar-refractivity contribution >= 4 is 28.2 Å². The molecule has 1 aliphatic rings. The number of aromatic nitrogens is 1. The van der Waals surface area contributed by atoms with Crippen molar-refractivity contribution in [3.05, 3.63) is 48.2 Å². The van der Waals surface area contributed by atoms with Crippen molar-refractivity contribution in [1.29, 1.82) is 5.26 Å². The molecule has 0 bridgehead atoms. The number of hydrogen-bond acceptors (Lipinski definition) is 7. The zero-order valence-electron chi connectivity index (χ0n) is 18.9. The molecule has 0 atom stereocenters. The normalized spacial score (nSPS) is 13.9. The largest absolute Gasteiger partial charge is 0.497 e. The molecule has 3 aromatic rings. The molecule has 8 heteroatoms. The van der Waals surface area contributed by atoms with E-state index in [9.17, 15) is 10.1 Å². The molecule has 0 aliphatic carbocycles. The lowest BCUT2D eigenvalue weighted by Gasteiger charge is -2.34. The van der Waals surface area contributed by atoms with Crippen molar-refractivity contribution in [3.8, 4) is 23.3 Å². The average molecular weight is 447 g/mol. The number of anilines is 2. The number of hydrogen-bond donors (Lipinski definition) is 1. The van der Waals surface area contributed by atoms with Crippen molar-refractivity contribution in [2.45, 2.75) is 12.8 Å². The van der Waals surface area contributed by atoms with Gasteiger partial charge in [-0.15, -0.1) is 0 Å². The number of benzene rings is 2. The predicted molar refractivity (Wildman–Crippen MR) is 126 cm³/mol. The van der Waals surface area contributed by atoms with Gasteiger partial charge in [0.05, 0.1) is 43.8 Å². The molecule has 8 nitrogen and oxygen atoms in total. The summed E-state index contributed by atoms with van der Waals surface area (Å²) in [5, 5.41) is 13.6. The first-order valence-corrected chi connectivity index (χ1v) is 10.7. The molecule has 0 radical (unpaired) electrons. The molecule has 0 spiro atoms. The van der Waals surface area contributed by atoms with Gasteiger partial charge in [0.1, 0.15) is 23.3 Å². The average Bonchev–Trinajstić information content (AvgIpc) is 2.87. The monoisotopic (exact) mass is 446 g/mol. The van der Waals surface area contributed by atoms with Gasteiger partial charge in [-0.2, -0.15) is 5.26 Å². The predicted octanol–water partition coefficient (Wildman–Crippen LogP) is 3.99. The molecule has 2 aromatic carbocycles. The summed E-state index contributed by atoms with van der Waals surface area (Å²) in [5.41, 5.74) is 2.74. The molecule has 33 heavy (non-hydrogen) atoms. The summed E-state index contributed by atoms with van der Waals surface area (Å²) < 4.78 is 16.0. The van der Waals surface area contributed by atoms with E-state index in [0.717, 1.165) is 16.6 Å². The van der Waals surface area contributed by atoms with E-state index in [-0.39, 0.29) is 11.8 Å². The standard InChI is InChI=1S/C25H26N4O4/c1-31-18-4-6-21-20(12-18)24(17(14-26)15-27-21)29-10-8-16(9-11-29)25(30)28-22-13-19(32-2)5-7-23(22)33-3/h4-7,12-13,15-16H,8-11H2,1-3H3,(H,28,30). The van der Waals surface area contributed by atoms with Crippen LogP contribution in [0.2, 0.25) is 0 Å². The molecule has 2 heterocycles. The molecule has 1 saturated heterocycles.